The highest BCUT2D eigenvalue weighted by Crippen LogP contribution is 2.37. The van der Waals surface area contributed by atoms with Gasteiger partial charge in [-0.15, -0.1) is 0 Å². The molecule has 2 aliphatic heterocycles. The van der Waals surface area contributed by atoms with E-state index in [9.17, 15) is 43.2 Å². The minimum Gasteiger partial charge on any atom is -0.489 e. The Bertz CT molecular complexity index is 2830. The van der Waals surface area contributed by atoms with Gasteiger partial charge in [-0.1, -0.05) is 66.7 Å². The van der Waals surface area contributed by atoms with Crippen molar-refractivity contribution in [1.29, 1.82) is 0 Å². The van der Waals surface area contributed by atoms with Crippen LogP contribution >= 0.6 is 0 Å². The van der Waals surface area contributed by atoms with E-state index < -0.39 is 128 Å². The van der Waals surface area contributed by atoms with Gasteiger partial charge < -0.3 is 66.3 Å². The van der Waals surface area contributed by atoms with Crippen LogP contribution in [0.4, 0.5) is 0 Å². The SMILES string of the molecule is CC(=O)OC[C@H]1OC(Oc2ccc(CCC(=O)c3ccc(OCc4ccccc4)cc3OCc3ccccc3)c(OC3O[C@H](COC(C)=O)[C@@H](OC(C)=O)[C@H](OC(C)=O)[C@H]3OC(C)=O)c2)[C@H](OC(C)=O)[C@@H](OC(C)=O)[C@@H]1OC(C)=O. The van der Waals surface area contributed by atoms with Gasteiger partial charge in [-0.05, 0) is 41.3 Å². The van der Waals surface area contributed by atoms with E-state index in [1.54, 1.807) is 18.2 Å². The lowest BCUT2D eigenvalue weighted by molar-refractivity contribution is -0.289. The van der Waals surface area contributed by atoms with Gasteiger partial charge in [0, 0.05) is 73.9 Å². The van der Waals surface area contributed by atoms with Gasteiger partial charge in [0.05, 0.1) is 5.56 Å². The third-order valence-corrected chi connectivity index (χ3v) is 11.8. The summed E-state index contributed by atoms with van der Waals surface area (Å²) < 4.78 is 81.7. The molecule has 6 rings (SSSR count). The van der Waals surface area contributed by atoms with E-state index in [-0.39, 0.29) is 54.4 Å². The van der Waals surface area contributed by atoms with Crippen molar-refractivity contribution in [3.8, 4) is 23.0 Å². The molecular formula is C57H62O23. The van der Waals surface area contributed by atoms with Crippen molar-refractivity contribution in [2.45, 2.75) is 143 Å². The van der Waals surface area contributed by atoms with Crippen LogP contribution in [0.5, 0.6) is 23.0 Å². The van der Waals surface area contributed by atoms with Crippen LogP contribution in [-0.2, 0) is 105 Å². The lowest BCUT2D eigenvalue weighted by Gasteiger charge is -2.44. The van der Waals surface area contributed by atoms with Crippen LogP contribution in [-0.4, -0.2) is 128 Å². The molecule has 2 aliphatic rings. The standard InChI is InChI=1S/C57H62O23/c1-31(58)67-29-48-50(71-33(3)60)52(73-35(5)62)54(75-37(7)64)56(79-48)77-43-21-19-41(46(26-43)78-57-55(76-38(8)65)53(74-36(6)63)51(72-34(4)61)49(80-57)30-68-32(2)59)20-24-45(66)44-23-22-42(69-27-39-15-11-9-12-16-39)25-47(44)70-28-40-17-13-10-14-18-40/h9-19,21-23,25-26,48-57H,20,24,27-30H2,1-8H3/t48-,49-,50-,51-,52+,53+,54-,55-,56?,57?/m1/s1. The van der Waals surface area contributed by atoms with Gasteiger partial charge in [-0.2, -0.15) is 0 Å². The van der Waals surface area contributed by atoms with E-state index in [0.29, 0.717) is 5.75 Å². The zero-order valence-electron chi connectivity index (χ0n) is 45.1. The van der Waals surface area contributed by atoms with Crippen molar-refractivity contribution >= 4 is 53.5 Å². The van der Waals surface area contributed by atoms with Gasteiger partial charge in [0.2, 0.25) is 24.8 Å². The van der Waals surface area contributed by atoms with E-state index in [1.807, 2.05) is 60.7 Å². The Kier molecular flexibility index (Phi) is 21.9. The van der Waals surface area contributed by atoms with Gasteiger partial charge in [0.1, 0.15) is 61.6 Å². The van der Waals surface area contributed by atoms with Crippen molar-refractivity contribution < 1.29 is 109 Å². The maximum atomic E-state index is 14.5. The summed E-state index contributed by atoms with van der Waals surface area (Å²) in [6.45, 7) is 7.75. The quantitative estimate of drug-likeness (QED) is 0.0470. The zero-order valence-corrected chi connectivity index (χ0v) is 45.1. The van der Waals surface area contributed by atoms with Gasteiger partial charge >= 0.3 is 47.8 Å². The van der Waals surface area contributed by atoms with E-state index in [0.717, 1.165) is 66.5 Å². The molecule has 10 atom stereocenters. The summed E-state index contributed by atoms with van der Waals surface area (Å²) in [6, 6.07) is 27.8. The number of Topliss-reactive ketones (excluding diaryl/α,β-unsaturated/α-hetero) is 1. The van der Waals surface area contributed by atoms with Crippen molar-refractivity contribution in [3.05, 3.63) is 119 Å². The minimum atomic E-state index is -1.78. The van der Waals surface area contributed by atoms with Crippen LogP contribution in [0.3, 0.4) is 0 Å². The monoisotopic (exact) mass is 1110 g/mol. The Morgan fingerprint density at radius 3 is 1.29 bits per heavy atom. The van der Waals surface area contributed by atoms with Crippen LogP contribution in [0.15, 0.2) is 97.1 Å². The fraction of sp³-hybridized carbons (Fsp3) is 0.421. The number of carbonyl (C=O) groups is 9. The molecule has 0 amide bonds. The fourth-order valence-electron chi connectivity index (χ4n) is 8.55. The van der Waals surface area contributed by atoms with Gasteiger partial charge in [0.25, 0.3) is 0 Å². The molecule has 4 aromatic carbocycles. The lowest BCUT2D eigenvalue weighted by atomic mass is 9.97. The minimum absolute atomic E-state index is 0.0941. The fourth-order valence-corrected chi connectivity index (χ4v) is 8.55. The van der Waals surface area contributed by atoms with E-state index in [4.69, 9.17) is 66.3 Å². The van der Waals surface area contributed by atoms with E-state index in [1.165, 1.54) is 18.2 Å². The predicted molar refractivity (Wildman–Crippen MR) is 272 cm³/mol. The number of carbonyl (C=O) groups excluding carboxylic acids is 9. The summed E-state index contributed by atoms with van der Waals surface area (Å²) in [5.41, 5.74) is 2.22. The highest BCUT2D eigenvalue weighted by Gasteiger charge is 2.55. The topological polar surface area (TPSA) is 283 Å². The molecule has 0 N–H and O–H groups in total. The summed E-state index contributed by atoms with van der Waals surface area (Å²) >= 11 is 0. The Labute approximate surface area is 460 Å². The smallest absolute Gasteiger partial charge is 0.303 e. The average Bonchev–Trinajstić information content (AvgIpc) is 3.55. The molecule has 0 bridgehead atoms. The molecule has 428 valence electrons. The molecule has 0 radical (unpaired) electrons. The number of benzene rings is 4. The third kappa shape index (κ3) is 18.0. The summed E-state index contributed by atoms with van der Waals surface area (Å²) in [5.74, 6) is -6.87. The summed E-state index contributed by atoms with van der Waals surface area (Å²) in [6.07, 6.45) is -16.3. The molecule has 0 saturated carbocycles. The summed E-state index contributed by atoms with van der Waals surface area (Å²) in [7, 11) is 0. The van der Waals surface area contributed by atoms with Crippen molar-refractivity contribution in [3.63, 3.8) is 0 Å². The molecule has 2 unspecified atom stereocenters. The first kappa shape index (κ1) is 60.7. The first-order valence-electron chi connectivity index (χ1n) is 25.2. The molecule has 2 heterocycles. The molecule has 4 aromatic rings. The highest BCUT2D eigenvalue weighted by atomic mass is 16.8. The molecule has 23 heteroatoms. The number of ether oxygens (including phenoxy) is 14. The Hall–Kier alpha value is -8.57. The van der Waals surface area contributed by atoms with Gasteiger partial charge in [0.15, 0.2) is 30.2 Å². The first-order chi connectivity index (χ1) is 38.1. The number of hydrogen-bond acceptors (Lipinski definition) is 23. The molecular weight excluding hydrogens is 1050 g/mol. The maximum Gasteiger partial charge on any atom is 0.303 e. The second-order valence-corrected chi connectivity index (χ2v) is 18.3. The maximum absolute atomic E-state index is 14.5. The van der Waals surface area contributed by atoms with Crippen molar-refractivity contribution in [2.75, 3.05) is 13.2 Å². The third-order valence-electron chi connectivity index (χ3n) is 11.8. The summed E-state index contributed by atoms with van der Waals surface area (Å²) in [4.78, 5) is 114. The Morgan fingerprint density at radius 2 is 0.825 bits per heavy atom. The summed E-state index contributed by atoms with van der Waals surface area (Å²) in [5, 5.41) is 0. The van der Waals surface area contributed by atoms with Crippen LogP contribution < -0.4 is 18.9 Å². The molecule has 0 aliphatic carbocycles. The number of ketones is 1. The molecule has 2 saturated heterocycles. The van der Waals surface area contributed by atoms with Gasteiger partial charge in [-0.3, -0.25) is 43.2 Å². The average molecular weight is 1120 g/mol. The zero-order chi connectivity index (χ0) is 58.0. The number of rotatable bonds is 24. The van der Waals surface area contributed by atoms with Crippen LogP contribution in [0.1, 0.15) is 88.9 Å². The van der Waals surface area contributed by atoms with Crippen LogP contribution in [0.25, 0.3) is 0 Å². The molecule has 0 aromatic heterocycles. The second-order valence-electron chi connectivity index (χ2n) is 18.3. The predicted octanol–water partition coefficient (Wildman–Crippen LogP) is 5.58. The Morgan fingerprint density at radius 1 is 0.412 bits per heavy atom. The number of aryl methyl sites for hydroxylation is 1. The normalized spacial score (nSPS) is 22.1. The molecule has 0 spiro atoms. The highest BCUT2D eigenvalue weighted by molar-refractivity contribution is 5.99. The van der Waals surface area contributed by atoms with E-state index in [2.05, 4.69) is 0 Å². The van der Waals surface area contributed by atoms with Crippen LogP contribution in [0, 0.1) is 0 Å². The molecule has 23 nitrogen and oxygen atoms in total. The molecule has 2 fully saturated rings. The van der Waals surface area contributed by atoms with Gasteiger partial charge in [-0.25, -0.2) is 0 Å². The van der Waals surface area contributed by atoms with Crippen molar-refractivity contribution in [2.24, 2.45) is 0 Å². The molecule has 80 heavy (non-hydrogen) atoms. The Balaban J connectivity index is 1.42. The van der Waals surface area contributed by atoms with E-state index >= 15 is 0 Å². The number of hydrogen-bond donors (Lipinski definition) is 0. The first-order valence-corrected chi connectivity index (χ1v) is 25.2. The second kappa shape index (κ2) is 28.9. The number of esters is 8. The lowest BCUT2D eigenvalue weighted by Crippen LogP contribution is -2.63. The van der Waals surface area contributed by atoms with Crippen molar-refractivity contribution in [1.82, 2.24) is 0 Å². The van der Waals surface area contributed by atoms with Crippen LogP contribution in [0.2, 0.25) is 0 Å². The largest absolute Gasteiger partial charge is 0.489 e.